The number of carbonyl (C=O) groups is 1. The Kier molecular flexibility index (Phi) is 3.76. The summed E-state index contributed by atoms with van der Waals surface area (Å²) in [6.07, 6.45) is 5.39. The Bertz CT molecular complexity index is 224. The number of rotatable bonds is 3. The highest BCUT2D eigenvalue weighted by Crippen LogP contribution is 2.19. The smallest absolute Gasteiger partial charge is 0.143 e. The molecule has 0 radical (unpaired) electrons. The molecule has 0 aromatic carbocycles. The van der Waals surface area contributed by atoms with Gasteiger partial charge in [-0.15, -0.1) is 0 Å². The zero-order valence-electron chi connectivity index (χ0n) is 9.74. The molecule has 0 aromatic heterocycles. The number of Topliss-reactive ketones (excluding diaryl/α,β-unsaturated/α-hetero) is 1. The summed E-state index contributed by atoms with van der Waals surface area (Å²) in [6.45, 7) is 7.12. The second-order valence-electron chi connectivity index (χ2n) is 4.98. The van der Waals surface area contributed by atoms with Gasteiger partial charge in [-0.3, -0.25) is 14.6 Å². The van der Waals surface area contributed by atoms with Gasteiger partial charge in [0.1, 0.15) is 5.78 Å². The third-order valence-electron chi connectivity index (χ3n) is 3.60. The minimum atomic E-state index is 0.300. The Morgan fingerprint density at radius 3 is 2.60 bits per heavy atom. The van der Waals surface area contributed by atoms with Crippen LogP contribution in [0.25, 0.3) is 0 Å². The van der Waals surface area contributed by atoms with Gasteiger partial charge in [0, 0.05) is 19.1 Å². The van der Waals surface area contributed by atoms with Crippen LogP contribution in [0.15, 0.2) is 0 Å². The van der Waals surface area contributed by atoms with E-state index in [1.807, 2.05) is 0 Å². The molecule has 15 heavy (non-hydrogen) atoms. The Hall–Kier alpha value is -0.410. The molecule has 86 valence electrons. The van der Waals surface area contributed by atoms with Gasteiger partial charge in [0.15, 0.2) is 0 Å². The molecule has 3 nitrogen and oxygen atoms in total. The predicted octanol–water partition coefficient (Wildman–Crippen LogP) is 1.14. The number of carbonyl (C=O) groups excluding carboxylic acids is 1. The number of ketones is 1. The van der Waals surface area contributed by atoms with E-state index < -0.39 is 0 Å². The first-order valence-electron chi connectivity index (χ1n) is 6.21. The highest BCUT2D eigenvalue weighted by atomic mass is 16.1. The molecule has 2 heterocycles. The summed E-state index contributed by atoms with van der Waals surface area (Å²) in [5, 5.41) is 0. The van der Waals surface area contributed by atoms with E-state index in [-0.39, 0.29) is 0 Å². The summed E-state index contributed by atoms with van der Waals surface area (Å²) in [4.78, 5) is 16.0. The molecule has 0 bridgehead atoms. The van der Waals surface area contributed by atoms with E-state index in [1.54, 1.807) is 6.92 Å². The van der Waals surface area contributed by atoms with E-state index in [0.717, 1.165) is 19.1 Å². The molecule has 0 aromatic rings. The summed E-state index contributed by atoms with van der Waals surface area (Å²) in [5.74, 6) is 0.300. The normalized spacial score (nSPS) is 29.5. The quantitative estimate of drug-likeness (QED) is 0.698. The van der Waals surface area contributed by atoms with Crippen molar-refractivity contribution in [1.29, 1.82) is 0 Å². The van der Waals surface area contributed by atoms with Crippen LogP contribution in [-0.2, 0) is 4.79 Å². The Morgan fingerprint density at radius 1 is 1.20 bits per heavy atom. The zero-order chi connectivity index (χ0) is 10.7. The van der Waals surface area contributed by atoms with Crippen molar-refractivity contribution in [3.05, 3.63) is 0 Å². The molecule has 2 aliphatic heterocycles. The lowest BCUT2D eigenvalue weighted by atomic mass is 10.1. The van der Waals surface area contributed by atoms with Crippen molar-refractivity contribution in [1.82, 2.24) is 9.80 Å². The van der Waals surface area contributed by atoms with E-state index >= 15 is 0 Å². The zero-order valence-corrected chi connectivity index (χ0v) is 9.74. The van der Waals surface area contributed by atoms with Gasteiger partial charge in [0.05, 0.1) is 6.54 Å². The second kappa shape index (κ2) is 5.08. The van der Waals surface area contributed by atoms with Gasteiger partial charge < -0.3 is 0 Å². The van der Waals surface area contributed by atoms with Crippen molar-refractivity contribution < 1.29 is 4.79 Å². The summed E-state index contributed by atoms with van der Waals surface area (Å²) < 4.78 is 0. The van der Waals surface area contributed by atoms with Crippen molar-refractivity contribution >= 4 is 5.78 Å². The summed E-state index contributed by atoms with van der Waals surface area (Å²) in [7, 11) is 0. The van der Waals surface area contributed by atoms with Gasteiger partial charge in [0.25, 0.3) is 0 Å². The van der Waals surface area contributed by atoms with Crippen molar-refractivity contribution in [2.45, 2.75) is 38.6 Å². The molecule has 2 saturated heterocycles. The molecule has 0 amide bonds. The lowest BCUT2D eigenvalue weighted by molar-refractivity contribution is -0.117. The number of likely N-dealkylation sites (tertiary alicyclic amines) is 2. The van der Waals surface area contributed by atoms with Crippen LogP contribution in [0.4, 0.5) is 0 Å². The van der Waals surface area contributed by atoms with Crippen molar-refractivity contribution in [2.24, 2.45) is 0 Å². The fraction of sp³-hybridized carbons (Fsp3) is 0.917. The molecule has 0 saturated carbocycles. The Labute approximate surface area is 92.4 Å². The van der Waals surface area contributed by atoms with Gasteiger partial charge in [-0.05, 0) is 39.3 Å². The maximum Gasteiger partial charge on any atom is 0.143 e. The largest absolute Gasteiger partial charge is 0.299 e. The van der Waals surface area contributed by atoms with Gasteiger partial charge in [-0.2, -0.15) is 0 Å². The molecule has 0 spiro atoms. The second-order valence-corrected chi connectivity index (χ2v) is 4.98. The summed E-state index contributed by atoms with van der Waals surface area (Å²) in [5.41, 5.74) is 0. The average Bonchev–Trinajstić information content (AvgIpc) is 2.67. The lowest BCUT2D eigenvalue weighted by Gasteiger charge is -2.32. The minimum absolute atomic E-state index is 0.300. The highest BCUT2D eigenvalue weighted by Gasteiger charge is 2.28. The Morgan fingerprint density at radius 2 is 1.93 bits per heavy atom. The monoisotopic (exact) mass is 210 g/mol. The first kappa shape index (κ1) is 11.1. The number of piperidine rings is 1. The maximum atomic E-state index is 11.0. The van der Waals surface area contributed by atoms with Crippen LogP contribution < -0.4 is 0 Å². The van der Waals surface area contributed by atoms with Crippen molar-refractivity contribution in [3.63, 3.8) is 0 Å². The van der Waals surface area contributed by atoms with E-state index in [9.17, 15) is 4.79 Å². The van der Waals surface area contributed by atoms with Gasteiger partial charge >= 0.3 is 0 Å². The Balaban J connectivity index is 1.78. The predicted molar refractivity (Wildman–Crippen MR) is 61.0 cm³/mol. The average molecular weight is 210 g/mol. The van der Waals surface area contributed by atoms with Crippen molar-refractivity contribution in [2.75, 3.05) is 32.7 Å². The molecule has 1 atom stereocenters. The molecule has 3 heteroatoms. The highest BCUT2D eigenvalue weighted by molar-refractivity contribution is 5.77. The summed E-state index contributed by atoms with van der Waals surface area (Å²) >= 11 is 0. The first-order chi connectivity index (χ1) is 7.25. The number of hydrogen-bond acceptors (Lipinski definition) is 3. The van der Waals surface area contributed by atoms with Crippen LogP contribution in [-0.4, -0.2) is 54.3 Å². The molecule has 2 rings (SSSR count). The van der Waals surface area contributed by atoms with Gasteiger partial charge in [0.2, 0.25) is 0 Å². The van der Waals surface area contributed by atoms with Crippen LogP contribution in [0.3, 0.4) is 0 Å². The van der Waals surface area contributed by atoms with Crippen LogP contribution in [0.2, 0.25) is 0 Å². The topological polar surface area (TPSA) is 23.6 Å². The van der Waals surface area contributed by atoms with E-state index in [1.165, 1.54) is 38.8 Å². The van der Waals surface area contributed by atoms with E-state index in [4.69, 9.17) is 0 Å². The minimum Gasteiger partial charge on any atom is -0.299 e. The fourth-order valence-electron chi connectivity index (χ4n) is 2.85. The van der Waals surface area contributed by atoms with Gasteiger partial charge in [-0.1, -0.05) is 6.42 Å². The molecule has 0 aliphatic carbocycles. The molecular formula is C12H22N2O. The fourth-order valence-corrected chi connectivity index (χ4v) is 2.85. The molecular weight excluding hydrogens is 188 g/mol. The molecule has 1 unspecified atom stereocenters. The first-order valence-corrected chi connectivity index (χ1v) is 6.21. The van der Waals surface area contributed by atoms with E-state index in [2.05, 4.69) is 9.80 Å². The van der Waals surface area contributed by atoms with Crippen LogP contribution in [0.5, 0.6) is 0 Å². The van der Waals surface area contributed by atoms with Crippen molar-refractivity contribution in [3.8, 4) is 0 Å². The maximum absolute atomic E-state index is 11.0. The van der Waals surface area contributed by atoms with Crippen LogP contribution in [0, 0.1) is 0 Å². The molecule has 0 N–H and O–H groups in total. The molecule has 2 fully saturated rings. The SMILES string of the molecule is CC(=O)CN1CCC(N2CCCCC2)C1. The molecule has 2 aliphatic rings. The third-order valence-corrected chi connectivity index (χ3v) is 3.60. The number of hydrogen-bond donors (Lipinski definition) is 0. The lowest BCUT2D eigenvalue weighted by Crippen LogP contribution is -2.41. The number of nitrogens with zero attached hydrogens (tertiary/aromatic N) is 2. The van der Waals surface area contributed by atoms with Gasteiger partial charge in [-0.25, -0.2) is 0 Å². The van der Waals surface area contributed by atoms with Crippen LogP contribution >= 0.6 is 0 Å². The standard InChI is InChI=1S/C12H22N2O/c1-11(15)9-13-8-5-12(10-13)14-6-3-2-4-7-14/h12H,2-10H2,1H3. The van der Waals surface area contributed by atoms with Crippen LogP contribution in [0.1, 0.15) is 32.6 Å². The third kappa shape index (κ3) is 3.02. The van der Waals surface area contributed by atoms with E-state index in [0.29, 0.717) is 12.3 Å². The summed E-state index contributed by atoms with van der Waals surface area (Å²) in [6, 6.07) is 0.727.